The quantitative estimate of drug-likeness (QED) is 0.228. The van der Waals surface area contributed by atoms with Crippen LogP contribution < -0.4 is 16.4 Å². The first-order valence-corrected chi connectivity index (χ1v) is 6.65. The van der Waals surface area contributed by atoms with Gasteiger partial charge in [-0.3, -0.25) is 24.1 Å². The Balaban J connectivity index is 4.24. The van der Waals surface area contributed by atoms with E-state index < -0.39 is 49.4 Å². The summed E-state index contributed by atoms with van der Waals surface area (Å²) in [6, 6.07) is -0.805. The molecule has 11 nitrogen and oxygen atoms in total. The summed E-state index contributed by atoms with van der Waals surface area (Å²) in [5.41, 5.74) is 5.09. The van der Waals surface area contributed by atoms with Crippen molar-refractivity contribution in [2.75, 3.05) is 32.7 Å². The summed E-state index contributed by atoms with van der Waals surface area (Å²) in [4.78, 5) is 55.5. The van der Waals surface area contributed by atoms with E-state index >= 15 is 0 Å². The molecular weight excluding hydrogens is 312 g/mol. The van der Waals surface area contributed by atoms with Crippen molar-refractivity contribution in [3.63, 3.8) is 0 Å². The van der Waals surface area contributed by atoms with Crippen LogP contribution in [-0.4, -0.2) is 83.9 Å². The maximum atomic E-state index is 11.6. The highest BCUT2D eigenvalue weighted by Crippen LogP contribution is 1.90. The van der Waals surface area contributed by atoms with Gasteiger partial charge in [0.1, 0.15) is 6.29 Å². The maximum absolute atomic E-state index is 11.6. The van der Waals surface area contributed by atoms with Gasteiger partial charge in [-0.25, -0.2) is 0 Å². The van der Waals surface area contributed by atoms with Crippen LogP contribution in [0.15, 0.2) is 0 Å². The Labute approximate surface area is 131 Å². The molecule has 1 atom stereocenters. The Morgan fingerprint density at radius 2 is 1.61 bits per heavy atom. The van der Waals surface area contributed by atoms with Crippen molar-refractivity contribution in [2.24, 2.45) is 5.73 Å². The minimum Gasteiger partial charge on any atom is -0.480 e. The van der Waals surface area contributed by atoms with Crippen LogP contribution >= 0.6 is 0 Å². The fraction of sp³-hybridized carbons (Fsp3) is 0.583. The lowest BCUT2D eigenvalue weighted by atomic mass is 10.2. The van der Waals surface area contributed by atoms with Gasteiger partial charge in [0, 0.05) is 6.54 Å². The van der Waals surface area contributed by atoms with Crippen LogP contribution in [0.3, 0.4) is 0 Å². The SMILES string of the molecule is NCC(=O)N[C@@H](C=O)CCNC(=O)CN(CC(=O)O)CC(=O)O. The number of rotatable bonds is 12. The predicted octanol–water partition coefficient (Wildman–Crippen LogP) is -3.39. The number of carboxylic acids is 2. The second-order valence-electron chi connectivity index (χ2n) is 4.59. The number of nitrogens with two attached hydrogens (primary N) is 1. The van der Waals surface area contributed by atoms with Crippen molar-refractivity contribution in [3.8, 4) is 0 Å². The molecule has 0 saturated heterocycles. The number of carbonyl (C=O) groups is 5. The summed E-state index contributed by atoms with van der Waals surface area (Å²) >= 11 is 0. The minimum absolute atomic E-state index is 0.0427. The van der Waals surface area contributed by atoms with Crippen molar-refractivity contribution >= 4 is 30.0 Å². The standard InChI is InChI=1S/C12H20N4O7/c13-3-9(18)15-8(7-17)1-2-14-10(19)4-16(5-11(20)21)6-12(22)23/h7-8H,1-6,13H2,(H,14,19)(H,15,18)(H,20,21)(H,22,23)/t8-/m1/s1. The first kappa shape index (κ1) is 20.5. The molecular formula is C12H20N4O7. The molecule has 0 saturated carbocycles. The number of hydrogen-bond donors (Lipinski definition) is 5. The van der Waals surface area contributed by atoms with Crippen molar-refractivity contribution in [1.82, 2.24) is 15.5 Å². The van der Waals surface area contributed by atoms with Crippen molar-refractivity contribution in [3.05, 3.63) is 0 Å². The summed E-state index contributed by atoms with van der Waals surface area (Å²) in [5, 5.41) is 22.0. The van der Waals surface area contributed by atoms with Gasteiger partial charge < -0.3 is 31.4 Å². The third kappa shape index (κ3) is 10.8. The van der Waals surface area contributed by atoms with Gasteiger partial charge in [-0.15, -0.1) is 0 Å². The van der Waals surface area contributed by atoms with Crippen molar-refractivity contribution < 1.29 is 34.2 Å². The third-order valence-corrected chi connectivity index (χ3v) is 2.56. The van der Waals surface area contributed by atoms with Gasteiger partial charge in [0.05, 0.1) is 32.2 Å². The molecule has 0 aromatic carbocycles. The fourth-order valence-electron chi connectivity index (χ4n) is 1.62. The lowest BCUT2D eigenvalue weighted by Crippen LogP contribution is -2.44. The number of carbonyl (C=O) groups excluding carboxylic acids is 3. The monoisotopic (exact) mass is 332 g/mol. The largest absolute Gasteiger partial charge is 0.480 e. The zero-order valence-electron chi connectivity index (χ0n) is 12.4. The Bertz CT molecular complexity index is 439. The Morgan fingerprint density at radius 1 is 1.04 bits per heavy atom. The molecule has 2 amide bonds. The van der Waals surface area contributed by atoms with Crippen LogP contribution in [0, 0.1) is 0 Å². The fourth-order valence-corrected chi connectivity index (χ4v) is 1.62. The number of hydrogen-bond acceptors (Lipinski definition) is 7. The van der Waals surface area contributed by atoms with Crippen molar-refractivity contribution in [1.29, 1.82) is 0 Å². The highest BCUT2D eigenvalue weighted by atomic mass is 16.4. The second-order valence-corrected chi connectivity index (χ2v) is 4.59. The number of aldehydes is 1. The zero-order valence-corrected chi connectivity index (χ0v) is 12.4. The van der Waals surface area contributed by atoms with Crippen LogP contribution in [0.25, 0.3) is 0 Å². The van der Waals surface area contributed by atoms with Gasteiger partial charge in [-0.1, -0.05) is 0 Å². The molecule has 0 aliphatic rings. The van der Waals surface area contributed by atoms with Gasteiger partial charge in [-0.05, 0) is 6.42 Å². The lowest BCUT2D eigenvalue weighted by molar-refractivity contribution is -0.142. The molecule has 130 valence electrons. The summed E-state index contributed by atoms with van der Waals surface area (Å²) in [6.45, 7) is -1.83. The molecule has 0 fully saturated rings. The van der Waals surface area contributed by atoms with E-state index in [9.17, 15) is 24.0 Å². The summed E-state index contributed by atoms with van der Waals surface area (Å²) < 4.78 is 0. The van der Waals surface area contributed by atoms with E-state index in [4.69, 9.17) is 15.9 Å². The minimum atomic E-state index is -1.26. The van der Waals surface area contributed by atoms with E-state index in [1.807, 2.05) is 0 Å². The predicted molar refractivity (Wildman–Crippen MR) is 76.4 cm³/mol. The highest BCUT2D eigenvalue weighted by molar-refractivity contribution is 5.81. The number of nitrogens with zero attached hydrogens (tertiary/aromatic N) is 1. The van der Waals surface area contributed by atoms with E-state index in [0.29, 0.717) is 6.29 Å². The summed E-state index contributed by atoms with van der Waals surface area (Å²) in [6.07, 6.45) is 0.625. The summed E-state index contributed by atoms with van der Waals surface area (Å²) in [7, 11) is 0. The molecule has 0 aromatic rings. The molecule has 0 spiro atoms. The van der Waals surface area contributed by atoms with E-state index in [1.54, 1.807) is 0 Å². The Morgan fingerprint density at radius 3 is 2.04 bits per heavy atom. The molecule has 11 heteroatoms. The maximum Gasteiger partial charge on any atom is 0.317 e. The van der Waals surface area contributed by atoms with E-state index in [1.165, 1.54) is 0 Å². The van der Waals surface area contributed by atoms with Crippen LogP contribution in [0.4, 0.5) is 0 Å². The highest BCUT2D eigenvalue weighted by Gasteiger charge is 2.17. The molecule has 0 aliphatic heterocycles. The van der Waals surface area contributed by atoms with Crippen LogP contribution in [-0.2, 0) is 24.0 Å². The van der Waals surface area contributed by atoms with Crippen LogP contribution in [0.5, 0.6) is 0 Å². The first-order valence-electron chi connectivity index (χ1n) is 6.65. The van der Waals surface area contributed by atoms with Gasteiger partial charge in [0.2, 0.25) is 11.8 Å². The van der Waals surface area contributed by atoms with Crippen LogP contribution in [0.1, 0.15) is 6.42 Å². The van der Waals surface area contributed by atoms with E-state index in [-0.39, 0.29) is 19.5 Å². The van der Waals surface area contributed by atoms with Gasteiger partial charge in [0.25, 0.3) is 0 Å². The molecule has 0 unspecified atom stereocenters. The molecule has 6 N–H and O–H groups in total. The topological polar surface area (TPSA) is 179 Å². The number of nitrogens with one attached hydrogen (secondary N) is 2. The number of carboxylic acid groups (broad SMARTS) is 2. The van der Waals surface area contributed by atoms with Gasteiger partial charge in [0.15, 0.2) is 0 Å². The lowest BCUT2D eigenvalue weighted by Gasteiger charge is -2.18. The molecule has 23 heavy (non-hydrogen) atoms. The average Bonchev–Trinajstić information content (AvgIpc) is 2.44. The Kier molecular flexibility index (Phi) is 9.87. The van der Waals surface area contributed by atoms with E-state index in [0.717, 1.165) is 4.90 Å². The number of amides is 2. The normalized spacial score (nSPS) is 11.6. The van der Waals surface area contributed by atoms with Gasteiger partial charge in [-0.2, -0.15) is 0 Å². The third-order valence-electron chi connectivity index (χ3n) is 2.56. The van der Waals surface area contributed by atoms with Gasteiger partial charge >= 0.3 is 11.9 Å². The smallest absolute Gasteiger partial charge is 0.317 e. The molecule has 0 aromatic heterocycles. The van der Waals surface area contributed by atoms with E-state index in [2.05, 4.69) is 10.6 Å². The molecule has 0 rings (SSSR count). The first-order chi connectivity index (χ1) is 10.8. The second kappa shape index (κ2) is 11.1. The van der Waals surface area contributed by atoms with Crippen molar-refractivity contribution in [2.45, 2.75) is 12.5 Å². The van der Waals surface area contributed by atoms with Crippen LogP contribution in [0.2, 0.25) is 0 Å². The average molecular weight is 332 g/mol. The molecule has 0 bridgehead atoms. The molecule has 0 heterocycles. The zero-order chi connectivity index (χ0) is 17.8. The molecule has 0 radical (unpaired) electrons. The summed E-state index contributed by atoms with van der Waals surface area (Å²) in [5.74, 6) is -3.63. The Hall–Kier alpha value is -2.53. The number of aliphatic carboxylic acids is 2. The molecule has 0 aliphatic carbocycles.